The minimum absolute atomic E-state index is 0.106. The van der Waals surface area contributed by atoms with E-state index in [4.69, 9.17) is 9.47 Å². The smallest absolute Gasteiger partial charge is 0.261 e. The number of para-hydroxylation sites is 1. The van der Waals surface area contributed by atoms with Crippen molar-refractivity contribution in [3.05, 3.63) is 99.6 Å². The van der Waals surface area contributed by atoms with Gasteiger partial charge in [-0.3, -0.25) is 14.2 Å². The Balaban J connectivity index is 1.48. The quantitative estimate of drug-likeness (QED) is 0.424. The van der Waals surface area contributed by atoms with Crippen LogP contribution in [0.4, 0.5) is 0 Å². The van der Waals surface area contributed by atoms with E-state index in [1.807, 2.05) is 61.5 Å². The summed E-state index contributed by atoms with van der Waals surface area (Å²) in [5.41, 5.74) is 2.94. The summed E-state index contributed by atoms with van der Waals surface area (Å²) in [4.78, 5) is 28.4. The molecule has 0 fully saturated rings. The normalized spacial score (nSPS) is 10.8. The fraction of sp³-hybridized carbons (Fsp3) is 0.160. The lowest BCUT2D eigenvalue weighted by atomic mass is 10.0. The zero-order chi connectivity index (χ0) is 21.8. The molecule has 0 aliphatic rings. The summed E-state index contributed by atoms with van der Waals surface area (Å²) in [6.07, 6.45) is 0.856. The average Bonchev–Trinajstić information content (AvgIpc) is 2.79. The molecule has 0 saturated carbocycles. The number of ether oxygens (including phenoxy) is 2. The van der Waals surface area contributed by atoms with Gasteiger partial charge >= 0.3 is 0 Å². The first-order valence-electron chi connectivity index (χ1n) is 9.91. The summed E-state index contributed by atoms with van der Waals surface area (Å²) in [5.74, 6) is 1.75. The lowest BCUT2D eigenvalue weighted by Gasteiger charge is -2.13. The number of nitrogens with zero attached hydrogens (tertiary/aromatic N) is 2. The summed E-state index contributed by atoms with van der Waals surface area (Å²) < 4.78 is 13.2. The highest BCUT2D eigenvalue weighted by atomic mass is 16.5. The van der Waals surface area contributed by atoms with E-state index in [2.05, 4.69) is 4.98 Å². The van der Waals surface area contributed by atoms with Gasteiger partial charge in [-0.1, -0.05) is 36.4 Å². The second-order valence-electron chi connectivity index (χ2n) is 7.23. The number of aryl methyl sites for hydroxylation is 1. The highest BCUT2D eigenvalue weighted by molar-refractivity contribution is 5.79. The Bertz CT molecular complexity index is 1310. The molecule has 0 bridgehead atoms. The third kappa shape index (κ3) is 4.33. The molecule has 1 heterocycles. The zero-order valence-corrected chi connectivity index (χ0v) is 17.4. The van der Waals surface area contributed by atoms with Gasteiger partial charge < -0.3 is 9.47 Å². The van der Waals surface area contributed by atoms with E-state index in [9.17, 15) is 9.59 Å². The van der Waals surface area contributed by atoms with Crippen LogP contribution in [0, 0.1) is 6.92 Å². The van der Waals surface area contributed by atoms with Crippen LogP contribution < -0.4 is 15.0 Å². The molecule has 0 N–H and O–H groups in total. The first-order valence-corrected chi connectivity index (χ1v) is 9.91. The molecule has 156 valence electrons. The van der Waals surface area contributed by atoms with Gasteiger partial charge in [0.1, 0.15) is 30.5 Å². The molecule has 1 aromatic heterocycles. The van der Waals surface area contributed by atoms with Crippen molar-refractivity contribution in [3.63, 3.8) is 0 Å². The van der Waals surface area contributed by atoms with Gasteiger partial charge in [0.25, 0.3) is 5.56 Å². The minimum Gasteiger partial charge on any atom is -0.489 e. The number of hydrogen-bond donors (Lipinski definition) is 0. The molecule has 0 aliphatic carbocycles. The predicted octanol–water partition coefficient (Wildman–Crippen LogP) is 4.21. The van der Waals surface area contributed by atoms with Crippen LogP contribution in [0.1, 0.15) is 27.3 Å². The highest BCUT2D eigenvalue weighted by Gasteiger charge is 2.09. The number of rotatable bonds is 7. The summed E-state index contributed by atoms with van der Waals surface area (Å²) in [7, 11) is 1.69. The van der Waals surface area contributed by atoms with Gasteiger partial charge in [0.2, 0.25) is 0 Å². The monoisotopic (exact) mass is 414 g/mol. The second kappa shape index (κ2) is 8.83. The van der Waals surface area contributed by atoms with Crippen molar-refractivity contribution in [2.24, 2.45) is 7.05 Å². The maximum Gasteiger partial charge on any atom is 0.261 e. The Kier molecular flexibility index (Phi) is 5.80. The van der Waals surface area contributed by atoms with Crippen molar-refractivity contribution >= 4 is 17.2 Å². The number of aromatic nitrogens is 2. The molecule has 6 heteroatoms. The number of fused-ring (bicyclic) bond motifs is 1. The van der Waals surface area contributed by atoms with Crippen LogP contribution in [0.3, 0.4) is 0 Å². The van der Waals surface area contributed by atoms with E-state index in [0.717, 1.165) is 17.4 Å². The summed E-state index contributed by atoms with van der Waals surface area (Å²) >= 11 is 0. The molecule has 0 spiro atoms. The predicted molar refractivity (Wildman–Crippen MR) is 119 cm³/mol. The van der Waals surface area contributed by atoms with Crippen molar-refractivity contribution in [2.45, 2.75) is 20.1 Å². The third-order valence-corrected chi connectivity index (χ3v) is 5.18. The van der Waals surface area contributed by atoms with Crippen LogP contribution in [0.5, 0.6) is 11.5 Å². The van der Waals surface area contributed by atoms with E-state index in [1.54, 1.807) is 19.2 Å². The molecule has 4 rings (SSSR count). The molecule has 0 unspecified atom stereocenters. The Morgan fingerprint density at radius 2 is 1.65 bits per heavy atom. The Labute approximate surface area is 179 Å². The fourth-order valence-electron chi connectivity index (χ4n) is 3.39. The van der Waals surface area contributed by atoms with Crippen LogP contribution in [0.15, 0.2) is 71.5 Å². The van der Waals surface area contributed by atoms with Crippen molar-refractivity contribution in [1.29, 1.82) is 0 Å². The minimum atomic E-state index is -0.106. The summed E-state index contributed by atoms with van der Waals surface area (Å²) in [5, 5.41) is 0.579. The number of benzene rings is 3. The SMILES string of the molecule is Cc1cccc(COc2cccc(OCc3nc4ccccc4c(=O)n3C)c2)c1C=O. The number of aldehydes is 1. The molecular formula is C25H22N2O4. The molecule has 0 saturated heterocycles. The van der Waals surface area contributed by atoms with Gasteiger partial charge in [-0.25, -0.2) is 4.98 Å². The van der Waals surface area contributed by atoms with Gasteiger partial charge in [-0.2, -0.15) is 0 Å². The standard InChI is InChI=1S/C25H22N2O4/c1-17-7-5-8-18(22(17)14-28)15-30-19-9-6-10-20(13-19)31-16-24-26-23-12-4-3-11-21(23)25(29)27(24)2/h3-14H,15-16H2,1-2H3. The third-order valence-electron chi connectivity index (χ3n) is 5.18. The van der Waals surface area contributed by atoms with Gasteiger partial charge in [0.05, 0.1) is 10.9 Å². The average molecular weight is 414 g/mol. The molecule has 4 aromatic rings. The van der Waals surface area contributed by atoms with Crippen LogP contribution >= 0.6 is 0 Å². The number of carbonyl (C=O) groups excluding carboxylic acids is 1. The molecule has 6 nitrogen and oxygen atoms in total. The van der Waals surface area contributed by atoms with E-state index in [1.165, 1.54) is 4.57 Å². The second-order valence-corrected chi connectivity index (χ2v) is 7.23. The molecule has 0 radical (unpaired) electrons. The van der Waals surface area contributed by atoms with Crippen molar-refractivity contribution in [2.75, 3.05) is 0 Å². The maximum atomic E-state index is 12.5. The van der Waals surface area contributed by atoms with E-state index in [-0.39, 0.29) is 18.8 Å². The van der Waals surface area contributed by atoms with E-state index >= 15 is 0 Å². The number of hydrogen-bond acceptors (Lipinski definition) is 5. The first kappa shape index (κ1) is 20.3. The van der Waals surface area contributed by atoms with Gasteiger partial charge in [-0.05, 0) is 36.8 Å². The molecule has 3 aromatic carbocycles. The lowest BCUT2D eigenvalue weighted by Crippen LogP contribution is -2.23. The van der Waals surface area contributed by atoms with Crippen molar-refractivity contribution in [3.8, 4) is 11.5 Å². The van der Waals surface area contributed by atoms with E-state index in [0.29, 0.717) is 33.8 Å². The Hall–Kier alpha value is -3.93. The topological polar surface area (TPSA) is 70.4 Å². The molecular weight excluding hydrogens is 392 g/mol. The Morgan fingerprint density at radius 3 is 2.42 bits per heavy atom. The molecule has 0 aliphatic heterocycles. The summed E-state index contributed by atoms with van der Waals surface area (Å²) in [6.45, 7) is 2.32. The first-order chi connectivity index (χ1) is 15.1. The fourth-order valence-corrected chi connectivity index (χ4v) is 3.39. The van der Waals surface area contributed by atoms with Crippen molar-refractivity contribution in [1.82, 2.24) is 9.55 Å². The van der Waals surface area contributed by atoms with Crippen LogP contribution in [-0.2, 0) is 20.3 Å². The van der Waals surface area contributed by atoms with Gasteiger partial charge in [0.15, 0.2) is 6.29 Å². The zero-order valence-electron chi connectivity index (χ0n) is 17.4. The van der Waals surface area contributed by atoms with E-state index < -0.39 is 0 Å². The molecule has 0 atom stereocenters. The van der Waals surface area contributed by atoms with Gasteiger partial charge in [-0.15, -0.1) is 0 Å². The van der Waals surface area contributed by atoms with Crippen LogP contribution in [0.25, 0.3) is 10.9 Å². The molecule has 31 heavy (non-hydrogen) atoms. The lowest BCUT2D eigenvalue weighted by molar-refractivity contribution is 0.112. The molecule has 0 amide bonds. The van der Waals surface area contributed by atoms with Crippen LogP contribution in [0.2, 0.25) is 0 Å². The van der Waals surface area contributed by atoms with Gasteiger partial charge in [0, 0.05) is 24.2 Å². The van der Waals surface area contributed by atoms with Crippen LogP contribution in [-0.4, -0.2) is 15.8 Å². The maximum absolute atomic E-state index is 12.5. The highest BCUT2D eigenvalue weighted by Crippen LogP contribution is 2.22. The Morgan fingerprint density at radius 1 is 0.935 bits per heavy atom. The summed E-state index contributed by atoms with van der Waals surface area (Å²) in [6, 6.07) is 20.2. The van der Waals surface area contributed by atoms with Crippen molar-refractivity contribution < 1.29 is 14.3 Å². The largest absolute Gasteiger partial charge is 0.489 e. The number of carbonyl (C=O) groups is 1.